The number of hydrogen-bond donors (Lipinski definition) is 2. The molecule has 3 N–H and O–H groups in total. The summed E-state index contributed by atoms with van der Waals surface area (Å²) in [6.45, 7) is 1.80. The first-order chi connectivity index (χ1) is 7.70. The minimum Gasteiger partial charge on any atom is -0.293 e. The highest BCUT2D eigenvalue weighted by molar-refractivity contribution is 8.02. The lowest BCUT2D eigenvalue weighted by Crippen LogP contribution is -2.36. The molecule has 0 bridgehead atoms. The van der Waals surface area contributed by atoms with Gasteiger partial charge in [-0.15, -0.1) is 11.3 Å². The van der Waals surface area contributed by atoms with Gasteiger partial charge in [0.25, 0.3) is 0 Å². The molecular weight excluding hydrogens is 242 g/mol. The Kier molecular flexibility index (Phi) is 3.42. The van der Waals surface area contributed by atoms with Crippen molar-refractivity contribution in [2.75, 3.05) is 0 Å². The maximum absolute atomic E-state index is 11.3. The van der Waals surface area contributed by atoms with E-state index in [1.54, 1.807) is 18.3 Å². The third-order valence-electron chi connectivity index (χ3n) is 2.06. The zero-order chi connectivity index (χ0) is 11.5. The molecular formula is C10H11N3OS2. The van der Waals surface area contributed by atoms with Crippen molar-refractivity contribution in [1.29, 1.82) is 0 Å². The van der Waals surface area contributed by atoms with Gasteiger partial charge in [-0.2, -0.15) is 0 Å². The van der Waals surface area contributed by atoms with E-state index in [1.165, 1.54) is 11.8 Å². The van der Waals surface area contributed by atoms with E-state index >= 15 is 0 Å². The number of nitrogens with zero attached hydrogens (tertiary/aromatic N) is 1. The van der Waals surface area contributed by atoms with Crippen LogP contribution in [0.25, 0.3) is 10.2 Å². The number of para-hydroxylation sites is 1. The van der Waals surface area contributed by atoms with Crippen LogP contribution in [0.4, 0.5) is 0 Å². The molecule has 1 atom stereocenters. The fraction of sp³-hybridized carbons (Fsp3) is 0.200. The first kappa shape index (κ1) is 11.4. The second-order valence-electron chi connectivity index (χ2n) is 3.22. The summed E-state index contributed by atoms with van der Waals surface area (Å²) in [4.78, 5) is 15.7. The number of thioether (sulfide) groups is 1. The molecule has 4 nitrogen and oxygen atoms in total. The van der Waals surface area contributed by atoms with Gasteiger partial charge in [0.05, 0.1) is 15.5 Å². The van der Waals surface area contributed by atoms with Gasteiger partial charge in [-0.1, -0.05) is 23.9 Å². The Bertz CT molecular complexity index is 478. The molecule has 0 aliphatic rings. The molecule has 0 fully saturated rings. The lowest BCUT2D eigenvalue weighted by molar-refractivity contribution is -0.120. The van der Waals surface area contributed by atoms with Gasteiger partial charge < -0.3 is 0 Å². The van der Waals surface area contributed by atoms with E-state index < -0.39 is 0 Å². The van der Waals surface area contributed by atoms with Crippen LogP contribution in [0.5, 0.6) is 0 Å². The molecule has 0 aliphatic carbocycles. The molecule has 2 aromatic rings. The summed E-state index contributed by atoms with van der Waals surface area (Å²) in [5, 5.41) is -0.231. The van der Waals surface area contributed by atoms with Crippen LogP contribution in [0.2, 0.25) is 0 Å². The highest BCUT2D eigenvalue weighted by Crippen LogP contribution is 2.31. The van der Waals surface area contributed by atoms with Gasteiger partial charge in [0.1, 0.15) is 0 Å². The lowest BCUT2D eigenvalue weighted by atomic mass is 10.3. The van der Waals surface area contributed by atoms with Crippen LogP contribution in [0.1, 0.15) is 6.92 Å². The Hall–Kier alpha value is -1.11. The van der Waals surface area contributed by atoms with Crippen molar-refractivity contribution in [3.05, 3.63) is 24.3 Å². The molecule has 1 unspecified atom stereocenters. The van der Waals surface area contributed by atoms with E-state index in [-0.39, 0.29) is 11.2 Å². The Morgan fingerprint density at radius 2 is 2.31 bits per heavy atom. The van der Waals surface area contributed by atoms with Gasteiger partial charge in [0.2, 0.25) is 5.91 Å². The van der Waals surface area contributed by atoms with E-state index in [0.717, 1.165) is 14.6 Å². The summed E-state index contributed by atoms with van der Waals surface area (Å²) in [5.74, 6) is 4.88. The number of nitrogens with one attached hydrogen (secondary N) is 1. The second kappa shape index (κ2) is 4.82. The second-order valence-corrected chi connectivity index (χ2v) is 5.83. The van der Waals surface area contributed by atoms with E-state index in [1.807, 2.05) is 24.3 Å². The summed E-state index contributed by atoms with van der Waals surface area (Å²) in [6.07, 6.45) is 0. The number of amides is 1. The van der Waals surface area contributed by atoms with Crippen molar-refractivity contribution >= 4 is 39.2 Å². The Morgan fingerprint density at radius 1 is 1.56 bits per heavy atom. The van der Waals surface area contributed by atoms with Crippen LogP contribution in [0.3, 0.4) is 0 Å². The van der Waals surface area contributed by atoms with Crippen molar-refractivity contribution in [2.45, 2.75) is 16.5 Å². The fourth-order valence-electron chi connectivity index (χ4n) is 1.22. The third kappa shape index (κ3) is 2.34. The van der Waals surface area contributed by atoms with Crippen LogP contribution in [0, 0.1) is 0 Å². The maximum Gasteiger partial charge on any atom is 0.247 e. The van der Waals surface area contributed by atoms with Crippen molar-refractivity contribution in [3.63, 3.8) is 0 Å². The monoisotopic (exact) mass is 253 g/mol. The molecule has 16 heavy (non-hydrogen) atoms. The SMILES string of the molecule is CC(Sc1nc2ccccc2s1)C(=O)NN. The molecule has 6 heteroatoms. The molecule has 1 heterocycles. The van der Waals surface area contributed by atoms with Gasteiger partial charge in [-0.3, -0.25) is 10.2 Å². The molecule has 1 aromatic carbocycles. The zero-order valence-corrected chi connectivity index (χ0v) is 10.3. The average molecular weight is 253 g/mol. The van der Waals surface area contributed by atoms with Crippen molar-refractivity contribution in [2.24, 2.45) is 5.84 Å². The van der Waals surface area contributed by atoms with Crippen LogP contribution in [-0.4, -0.2) is 16.1 Å². The Morgan fingerprint density at radius 3 is 3.00 bits per heavy atom. The Labute approximate surface area is 101 Å². The molecule has 0 radical (unpaired) electrons. The van der Waals surface area contributed by atoms with Gasteiger partial charge in [0, 0.05) is 0 Å². The highest BCUT2D eigenvalue weighted by Gasteiger charge is 2.15. The molecule has 0 spiro atoms. The number of thiazole rings is 1. The van der Waals surface area contributed by atoms with Gasteiger partial charge in [-0.05, 0) is 19.1 Å². The van der Waals surface area contributed by atoms with Gasteiger partial charge in [-0.25, -0.2) is 10.8 Å². The number of carbonyl (C=O) groups is 1. The van der Waals surface area contributed by atoms with Crippen molar-refractivity contribution < 1.29 is 4.79 Å². The van der Waals surface area contributed by atoms with Crippen LogP contribution >= 0.6 is 23.1 Å². The maximum atomic E-state index is 11.3. The molecule has 2 rings (SSSR count). The number of rotatable bonds is 3. The number of aromatic nitrogens is 1. The quantitative estimate of drug-likeness (QED) is 0.378. The van der Waals surface area contributed by atoms with Crippen molar-refractivity contribution in [3.8, 4) is 0 Å². The van der Waals surface area contributed by atoms with Crippen LogP contribution < -0.4 is 11.3 Å². The molecule has 0 saturated carbocycles. The van der Waals surface area contributed by atoms with E-state index in [0.29, 0.717) is 0 Å². The first-order valence-electron chi connectivity index (χ1n) is 4.73. The summed E-state index contributed by atoms with van der Waals surface area (Å²) in [6, 6.07) is 7.91. The summed E-state index contributed by atoms with van der Waals surface area (Å²) in [7, 11) is 0. The van der Waals surface area contributed by atoms with Crippen LogP contribution in [-0.2, 0) is 4.79 Å². The normalized spacial score (nSPS) is 12.6. The molecule has 1 amide bonds. The van der Waals surface area contributed by atoms with Crippen molar-refractivity contribution in [1.82, 2.24) is 10.4 Å². The van der Waals surface area contributed by atoms with E-state index in [2.05, 4.69) is 10.4 Å². The van der Waals surface area contributed by atoms with E-state index in [4.69, 9.17) is 5.84 Å². The number of benzene rings is 1. The van der Waals surface area contributed by atoms with E-state index in [9.17, 15) is 4.79 Å². The minimum absolute atomic E-state index is 0.191. The lowest BCUT2D eigenvalue weighted by Gasteiger charge is -2.05. The Balaban J connectivity index is 2.18. The van der Waals surface area contributed by atoms with Gasteiger partial charge >= 0.3 is 0 Å². The number of fused-ring (bicyclic) bond motifs is 1. The minimum atomic E-state index is -0.231. The smallest absolute Gasteiger partial charge is 0.247 e. The van der Waals surface area contributed by atoms with Gasteiger partial charge in [0.15, 0.2) is 4.34 Å². The zero-order valence-electron chi connectivity index (χ0n) is 8.64. The summed E-state index contributed by atoms with van der Waals surface area (Å²) in [5.41, 5.74) is 3.10. The predicted octanol–water partition coefficient (Wildman–Crippen LogP) is 1.77. The molecule has 0 aliphatic heterocycles. The average Bonchev–Trinajstić information content (AvgIpc) is 2.69. The molecule has 1 aromatic heterocycles. The predicted molar refractivity (Wildman–Crippen MR) is 67.3 cm³/mol. The molecule has 84 valence electrons. The summed E-state index contributed by atoms with van der Waals surface area (Å²) < 4.78 is 2.02. The number of carbonyl (C=O) groups excluding carboxylic acids is 1. The number of hydrazine groups is 1. The topological polar surface area (TPSA) is 68.0 Å². The fourth-order valence-corrected chi connectivity index (χ4v) is 3.44. The largest absolute Gasteiger partial charge is 0.293 e. The number of hydrogen-bond acceptors (Lipinski definition) is 5. The number of nitrogens with two attached hydrogens (primary N) is 1. The highest BCUT2D eigenvalue weighted by atomic mass is 32.2. The standard InChI is InChI=1S/C10H11N3OS2/c1-6(9(14)13-11)15-10-12-7-4-2-3-5-8(7)16-10/h2-6H,11H2,1H3,(H,13,14). The molecule has 0 saturated heterocycles. The van der Waals surface area contributed by atoms with Crippen LogP contribution in [0.15, 0.2) is 28.6 Å². The summed E-state index contributed by atoms with van der Waals surface area (Å²) >= 11 is 3.00. The first-order valence-corrected chi connectivity index (χ1v) is 6.43. The third-order valence-corrected chi connectivity index (χ3v) is 4.29.